The van der Waals surface area contributed by atoms with Gasteiger partial charge >= 0.3 is 39.5 Å². The van der Waals surface area contributed by atoms with Gasteiger partial charge in [0.05, 0.1) is 26.4 Å². The van der Waals surface area contributed by atoms with Crippen LogP contribution in [-0.2, 0) is 65.4 Å². The van der Waals surface area contributed by atoms with E-state index >= 15 is 0 Å². The average molecular weight is 1580 g/mol. The maximum Gasteiger partial charge on any atom is 0.472 e. The Labute approximate surface area is 664 Å². The van der Waals surface area contributed by atoms with Crippen molar-refractivity contribution in [3.05, 3.63) is 0 Å². The molecule has 0 aliphatic rings. The van der Waals surface area contributed by atoms with Crippen molar-refractivity contribution in [2.45, 2.75) is 491 Å². The zero-order chi connectivity index (χ0) is 79.3. The van der Waals surface area contributed by atoms with E-state index in [-0.39, 0.29) is 25.7 Å². The molecular formula is C89H174O17P2. The van der Waals surface area contributed by atoms with Crippen LogP contribution >= 0.6 is 15.6 Å². The van der Waals surface area contributed by atoms with Gasteiger partial charge in [-0.15, -0.1) is 0 Å². The highest BCUT2D eigenvalue weighted by atomic mass is 31.2. The number of unbranched alkanes of at least 4 members (excludes halogenated alkanes) is 54. The number of rotatable bonds is 87. The molecule has 0 amide bonds. The first kappa shape index (κ1) is 106. The molecule has 3 N–H and O–H groups in total. The largest absolute Gasteiger partial charge is 0.472 e. The van der Waals surface area contributed by atoms with Crippen molar-refractivity contribution in [1.82, 2.24) is 0 Å². The summed E-state index contributed by atoms with van der Waals surface area (Å²) in [5.41, 5.74) is 0. The van der Waals surface area contributed by atoms with E-state index in [9.17, 15) is 43.2 Å². The van der Waals surface area contributed by atoms with Crippen LogP contribution in [0.2, 0.25) is 0 Å². The normalized spacial score (nSPS) is 14.1. The van der Waals surface area contributed by atoms with E-state index < -0.39 is 97.5 Å². The molecule has 0 aliphatic carbocycles. The van der Waals surface area contributed by atoms with Crippen LogP contribution in [0.15, 0.2) is 0 Å². The van der Waals surface area contributed by atoms with Gasteiger partial charge in [-0.25, -0.2) is 9.13 Å². The number of carbonyl (C=O) groups excluding carboxylic acids is 4. The SMILES string of the molecule is CCCCCCCCCCCCCC(=O)OC[C@H](COP(=O)(O)OC[C@H](O)COP(=O)(O)OC[C@@H](COC(=O)CCCCCCCCCCCCCCCCCCCCC(C)C)OC(=O)CCCCCCCCCCCCCCCCCCCCC(C)CC)OC(=O)CCCCCCCCCCCCCC(C)C. The molecule has 0 saturated carbocycles. The Balaban J connectivity index is 5.22. The van der Waals surface area contributed by atoms with E-state index in [1.807, 2.05) is 0 Å². The summed E-state index contributed by atoms with van der Waals surface area (Å²) in [5.74, 6) is 0.359. The second-order valence-corrected chi connectivity index (χ2v) is 36.1. The Morgan fingerprint density at radius 3 is 0.704 bits per heavy atom. The van der Waals surface area contributed by atoms with Gasteiger partial charge in [0.1, 0.15) is 19.3 Å². The maximum atomic E-state index is 13.2. The van der Waals surface area contributed by atoms with Crippen molar-refractivity contribution in [2.75, 3.05) is 39.6 Å². The summed E-state index contributed by atoms with van der Waals surface area (Å²) in [6.45, 7) is 12.1. The van der Waals surface area contributed by atoms with Gasteiger partial charge in [0, 0.05) is 25.7 Å². The van der Waals surface area contributed by atoms with Gasteiger partial charge in [0.25, 0.3) is 0 Å². The van der Waals surface area contributed by atoms with Gasteiger partial charge in [-0.05, 0) is 43.4 Å². The van der Waals surface area contributed by atoms with E-state index in [1.165, 1.54) is 283 Å². The maximum absolute atomic E-state index is 13.2. The molecule has 19 heteroatoms. The van der Waals surface area contributed by atoms with Crippen LogP contribution < -0.4 is 0 Å². The lowest BCUT2D eigenvalue weighted by atomic mass is 9.99. The number of ether oxygens (including phenoxy) is 4. The number of phosphoric acid groups is 2. The van der Waals surface area contributed by atoms with Crippen LogP contribution in [0.4, 0.5) is 0 Å². The molecule has 642 valence electrons. The molecule has 0 fully saturated rings. The summed E-state index contributed by atoms with van der Waals surface area (Å²) in [5, 5.41) is 10.7. The van der Waals surface area contributed by atoms with Crippen molar-refractivity contribution in [3.8, 4) is 0 Å². The molecule has 0 spiro atoms. The van der Waals surface area contributed by atoms with Crippen LogP contribution in [-0.4, -0.2) is 96.7 Å². The van der Waals surface area contributed by atoms with Crippen LogP contribution in [0.3, 0.4) is 0 Å². The molecule has 3 unspecified atom stereocenters. The standard InChI is InChI=1S/C89H174O17P2/c1-8-10-11-12-13-14-32-42-49-56-63-70-86(91)99-76-84(106-89(94)73-66-59-52-45-38-31-34-40-47-54-61-68-81(5)6)78-103-107(95,96)101-74-83(90)75-102-108(97,98)104-79-85(77-100-87(92)71-64-57-50-43-36-29-25-21-17-15-19-23-27-33-39-46-53-60-67-80(3)4)105-88(93)72-65-58-51-44-37-30-26-22-18-16-20-24-28-35-41-48-55-62-69-82(7)9-2/h80-85,90H,8-79H2,1-7H3,(H,95,96)(H,97,98)/t82?,83-,84+,85+/m0/s1. The number of aliphatic hydroxyl groups excluding tert-OH is 1. The molecule has 0 aliphatic heterocycles. The van der Waals surface area contributed by atoms with E-state index in [0.717, 1.165) is 108 Å². The molecule has 0 aromatic rings. The predicted octanol–water partition coefficient (Wildman–Crippen LogP) is 27.3. The van der Waals surface area contributed by atoms with Crippen LogP contribution in [0.5, 0.6) is 0 Å². The van der Waals surface area contributed by atoms with E-state index in [0.29, 0.717) is 25.7 Å². The third-order valence-electron chi connectivity index (χ3n) is 21.2. The fourth-order valence-corrected chi connectivity index (χ4v) is 15.4. The Kier molecular flexibility index (Phi) is 77.5. The lowest BCUT2D eigenvalue weighted by Crippen LogP contribution is -2.30. The zero-order valence-corrected chi connectivity index (χ0v) is 73.1. The molecule has 17 nitrogen and oxygen atoms in total. The van der Waals surface area contributed by atoms with Gasteiger partial charge < -0.3 is 33.8 Å². The van der Waals surface area contributed by atoms with Crippen molar-refractivity contribution < 1.29 is 80.2 Å². The van der Waals surface area contributed by atoms with Crippen molar-refractivity contribution in [3.63, 3.8) is 0 Å². The summed E-state index contributed by atoms with van der Waals surface area (Å²) >= 11 is 0. The topological polar surface area (TPSA) is 237 Å². The summed E-state index contributed by atoms with van der Waals surface area (Å²) < 4.78 is 69.0. The number of hydrogen-bond donors (Lipinski definition) is 3. The highest BCUT2D eigenvalue weighted by molar-refractivity contribution is 7.47. The molecule has 0 heterocycles. The zero-order valence-electron chi connectivity index (χ0n) is 71.3. The summed E-state index contributed by atoms with van der Waals surface area (Å²) in [4.78, 5) is 73.3. The summed E-state index contributed by atoms with van der Waals surface area (Å²) in [6, 6.07) is 0. The molecule has 0 aromatic carbocycles. The third kappa shape index (κ3) is 80.7. The lowest BCUT2D eigenvalue weighted by molar-refractivity contribution is -0.161. The monoisotopic (exact) mass is 1580 g/mol. The number of esters is 4. The van der Waals surface area contributed by atoms with Crippen LogP contribution in [0.1, 0.15) is 472 Å². The number of phosphoric ester groups is 2. The van der Waals surface area contributed by atoms with Gasteiger partial charge in [-0.3, -0.25) is 37.3 Å². The van der Waals surface area contributed by atoms with Crippen LogP contribution in [0, 0.1) is 17.8 Å². The molecule has 0 aromatic heterocycles. The van der Waals surface area contributed by atoms with Gasteiger partial charge in [-0.2, -0.15) is 0 Å². The van der Waals surface area contributed by atoms with Crippen molar-refractivity contribution in [1.29, 1.82) is 0 Å². The first-order valence-corrected chi connectivity index (χ1v) is 48.9. The van der Waals surface area contributed by atoms with E-state index in [2.05, 4.69) is 48.5 Å². The van der Waals surface area contributed by atoms with Crippen molar-refractivity contribution in [2.24, 2.45) is 17.8 Å². The molecule has 0 rings (SSSR count). The predicted molar refractivity (Wildman–Crippen MR) is 446 cm³/mol. The van der Waals surface area contributed by atoms with Gasteiger partial charge in [0.15, 0.2) is 12.2 Å². The highest BCUT2D eigenvalue weighted by Gasteiger charge is 2.31. The summed E-state index contributed by atoms with van der Waals surface area (Å²) in [7, 11) is -9.93. The van der Waals surface area contributed by atoms with E-state index in [4.69, 9.17) is 37.0 Å². The van der Waals surface area contributed by atoms with Crippen molar-refractivity contribution >= 4 is 39.5 Å². The van der Waals surface area contributed by atoms with Gasteiger partial charge in [0.2, 0.25) is 0 Å². The first-order valence-electron chi connectivity index (χ1n) is 45.9. The Hall–Kier alpha value is -1.94. The minimum atomic E-state index is -4.97. The average Bonchev–Trinajstić information content (AvgIpc) is 0.899. The third-order valence-corrected chi connectivity index (χ3v) is 23.1. The fraction of sp³-hybridized carbons (Fsp3) is 0.955. The quantitative estimate of drug-likeness (QED) is 0.0222. The number of carbonyl (C=O) groups is 4. The highest BCUT2D eigenvalue weighted by Crippen LogP contribution is 2.45. The fourth-order valence-electron chi connectivity index (χ4n) is 13.9. The lowest BCUT2D eigenvalue weighted by Gasteiger charge is -2.21. The van der Waals surface area contributed by atoms with Crippen LogP contribution in [0.25, 0.3) is 0 Å². The Bertz CT molecular complexity index is 2080. The molecular weight excluding hydrogens is 1400 g/mol. The molecule has 0 saturated heterocycles. The Morgan fingerprint density at radius 1 is 0.269 bits per heavy atom. The molecule has 6 atom stereocenters. The minimum absolute atomic E-state index is 0.107. The number of aliphatic hydroxyl groups is 1. The Morgan fingerprint density at radius 2 is 0.472 bits per heavy atom. The second-order valence-electron chi connectivity index (χ2n) is 33.2. The smallest absolute Gasteiger partial charge is 0.462 e. The summed E-state index contributed by atoms with van der Waals surface area (Å²) in [6.07, 6.45) is 70.8. The minimum Gasteiger partial charge on any atom is -0.462 e. The van der Waals surface area contributed by atoms with Gasteiger partial charge in [-0.1, -0.05) is 421 Å². The molecule has 0 bridgehead atoms. The first-order chi connectivity index (χ1) is 52.3. The number of hydrogen-bond acceptors (Lipinski definition) is 15. The molecule has 108 heavy (non-hydrogen) atoms. The van der Waals surface area contributed by atoms with E-state index in [1.54, 1.807) is 0 Å². The second kappa shape index (κ2) is 78.9. The molecule has 0 radical (unpaired) electrons.